The molecule has 1 aliphatic heterocycles. The minimum atomic E-state index is -0.573. The van der Waals surface area contributed by atoms with Crippen molar-refractivity contribution in [1.29, 1.82) is 0 Å². The first-order valence-corrected chi connectivity index (χ1v) is 4.09. The molecule has 0 saturated carbocycles. The zero-order valence-corrected chi connectivity index (χ0v) is 5.51. The molecule has 0 aliphatic carbocycles. The second-order valence-electron chi connectivity index (χ2n) is 1.19. The van der Waals surface area contributed by atoms with Crippen molar-refractivity contribution in [2.24, 2.45) is 0 Å². The lowest BCUT2D eigenvalue weighted by atomic mass is 10.6. The van der Waals surface area contributed by atoms with E-state index in [0.29, 0.717) is 0 Å². The van der Waals surface area contributed by atoms with E-state index in [0.717, 1.165) is 0 Å². The highest BCUT2D eigenvalue weighted by Gasteiger charge is 2.00. The van der Waals surface area contributed by atoms with Gasteiger partial charge in [0.25, 0.3) is 5.91 Å². The van der Waals surface area contributed by atoms with Crippen molar-refractivity contribution in [3.63, 3.8) is 0 Å². The van der Waals surface area contributed by atoms with Gasteiger partial charge in [-0.05, 0) is 11.2 Å². The van der Waals surface area contributed by atoms with Gasteiger partial charge in [0.15, 0.2) is 0 Å². The van der Waals surface area contributed by atoms with Crippen LogP contribution in [-0.2, 0) is 25.8 Å². The number of nitrogens with one attached hydrogen (secondary N) is 2. The fourth-order valence-corrected chi connectivity index (χ4v) is 1.24. The highest BCUT2D eigenvalue weighted by Crippen LogP contribution is 1.80. The molecule has 0 bridgehead atoms. The Morgan fingerprint density at radius 2 is 2.50 bits per heavy atom. The van der Waals surface area contributed by atoms with E-state index in [2.05, 4.69) is 9.44 Å². The largest absolute Gasteiger partial charge is 0.317 e. The van der Waals surface area contributed by atoms with Crippen LogP contribution in [0.4, 0.5) is 0 Å². The number of amides is 1. The van der Waals surface area contributed by atoms with E-state index in [4.69, 9.17) is 11.2 Å². The summed E-state index contributed by atoms with van der Waals surface area (Å²) in [6, 6.07) is 0. The minimum Gasteiger partial charge on any atom is -0.317 e. The Morgan fingerprint density at radius 3 is 2.88 bits per heavy atom. The van der Waals surface area contributed by atoms with Crippen molar-refractivity contribution in [2.75, 3.05) is 0 Å². The standard InChI is InChI=1S/C3H4N2OS2/c6-3-1-2-4-8(7)5-3/h1-2,4H,(H,5,6). The monoisotopic (exact) mass is 148 g/mol. The van der Waals surface area contributed by atoms with Crippen LogP contribution in [-0.4, -0.2) is 5.91 Å². The first kappa shape index (κ1) is 5.71. The molecule has 1 atom stereocenters. The Morgan fingerprint density at radius 1 is 1.75 bits per heavy atom. The molecule has 0 fully saturated rings. The zero-order chi connectivity index (χ0) is 5.98. The molecule has 0 spiro atoms. The van der Waals surface area contributed by atoms with Gasteiger partial charge in [-0.25, -0.2) is 0 Å². The Kier molecular flexibility index (Phi) is 1.59. The van der Waals surface area contributed by atoms with Gasteiger partial charge in [-0.3, -0.25) is 9.52 Å². The number of hydrogen-bond donors (Lipinski definition) is 2. The summed E-state index contributed by atoms with van der Waals surface area (Å²) in [7, 11) is -0.573. The van der Waals surface area contributed by atoms with Crippen molar-refractivity contribution in [3.05, 3.63) is 12.3 Å². The molecule has 1 amide bonds. The number of carbonyl (C=O) groups is 1. The lowest BCUT2D eigenvalue weighted by Crippen LogP contribution is -2.34. The van der Waals surface area contributed by atoms with E-state index in [1.807, 2.05) is 0 Å². The molecule has 1 unspecified atom stereocenters. The Labute approximate surface area is 54.0 Å². The minimum absolute atomic E-state index is 0.123. The van der Waals surface area contributed by atoms with Crippen LogP contribution in [0.3, 0.4) is 0 Å². The van der Waals surface area contributed by atoms with Gasteiger partial charge in [-0.15, -0.1) is 0 Å². The molecule has 1 aliphatic rings. The summed E-state index contributed by atoms with van der Waals surface area (Å²) < 4.78 is 5.23. The highest BCUT2D eigenvalue weighted by molar-refractivity contribution is 8.27. The second-order valence-corrected chi connectivity index (χ2v) is 3.16. The summed E-state index contributed by atoms with van der Waals surface area (Å²) in [5.74, 6) is -0.123. The molecule has 3 nitrogen and oxygen atoms in total. The summed E-state index contributed by atoms with van der Waals surface area (Å²) >= 11 is 4.70. The van der Waals surface area contributed by atoms with Crippen molar-refractivity contribution >= 4 is 26.9 Å². The first-order valence-electron chi connectivity index (χ1n) is 1.94. The van der Waals surface area contributed by atoms with Crippen molar-refractivity contribution in [2.45, 2.75) is 0 Å². The number of rotatable bonds is 0. The van der Waals surface area contributed by atoms with E-state index >= 15 is 0 Å². The third kappa shape index (κ3) is 1.28. The van der Waals surface area contributed by atoms with Crippen LogP contribution in [0.15, 0.2) is 12.3 Å². The summed E-state index contributed by atoms with van der Waals surface area (Å²) in [6.45, 7) is 0. The zero-order valence-electron chi connectivity index (χ0n) is 3.88. The maximum Gasteiger partial charge on any atom is 0.256 e. The van der Waals surface area contributed by atoms with Gasteiger partial charge in [0.05, 0.1) is 9.83 Å². The van der Waals surface area contributed by atoms with Crippen LogP contribution < -0.4 is 9.44 Å². The smallest absolute Gasteiger partial charge is 0.256 e. The number of carbonyl (C=O) groups excluding carboxylic acids is 1. The van der Waals surface area contributed by atoms with Crippen LogP contribution in [0.25, 0.3) is 0 Å². The highest BCUT2D eigenvalue weighted by atomic mass is 32.8. The molecule has 1 rings (SSSR count). The van der Waals surface area contributed by atoms with Crippen LogP contribution in [0.5, 0.6) is 0 Å². The van der Waals surface area contributed by atoms with Crippen LogP contribution in [0.1, 0.15) is 0 Å². The number of hydrogen-bond acceptors (Lipinski definition) is 2. The van der Waals surface area contributed by atoms with Crippen molar-refractivity contribution in [3.8, 4) is 0 Å². The molecular weight excluding hydrogens is 144 g/mol. The molecular formula is C3H4N2OS2. The lowest BCUT2D eigenvalue weighted by molar-refractivity contribution is -0.114. The lowest BCUT2D eigenvalue weighted by Gasteiger charge is -2.08. The van der Waals surface area contributed by atoms with Gasteiger partial charge in [-0.1, -0.05) is 0 Å². The average Bonchev–Trinajstić information content (AvgIpc) is 1.64. The predicted molar refractivity (Wildman–Crippen MR) is 35.1 cm³/mol. The van der Waals surface area contributed by atoms with Gasteiger partial charge in [0, 0.05) is 12.3 Å². The Bertz CT molecular complexity index is 165. The molecule has 5 heteroatoms. The van der Waals surface area contributed by atoms with Gasteiger partial charge in [0.1, 0.15) is 0 Å². The van der Waals surface area contributed by atoms with Crippen molar-refractivity contribution < 1.29 is 4.79 Å². The predicted octanol–water partition coefficient (Wildman–Crippen LogP) is -0.870. The molecule has 0 aromatic carbocycles. The maximum atomic E-state index is 10.4. The quantitative estimate of drug-likeness (QED) is 0.469. The summed E-state index contributed by atoms with van der Waals surface area (Å²) in [5, 5.41) is 0. The molecule has 0 aromatic rings. The first-order chi connectivity index (χ1) is 3.79. The van der Waals surface area contributed by atoms with E-state index < -0.39 is 9.83 Å². The van der Waals surface area contributed by atoms with Gasteiger partial charge in [0.2, 0.25) is 0 Å². The van der Waals surface area contributed by atoms with Gasteiger partial charge in [-0.2, -0.15) is 0 Å². The third-order valence-electron chi connectivity index (χ3n) is 0.603. The topological polar surface area (TPSA) is 41.1 Å². The summed E-state index contributed by atoms with van der Waals surface area (Å²) in [5.41, 5.74) is 0. The SMILES string of the molecule is O=C1C=CNS(=S)N1. The Hall–Kier alpha value is -0.420. The molecule has 0 radical (unpaired) electrons. The van der Waals surface area contributed by atoms with E-state index in [1.165, 1.54) is 6.08 Å². The molecule has 1 heterocycles. The Balaban J connectivity index is 2.68. The molecule has 44 valence electrons. The van der Waals surface area contributed by atoms with E-state index in [1.54, 1.807) is 6.20 Å². The normalized spacial score (nSPS) is 26.5. The fourth-order valence-electron chi connectivity index (χ4n) is 0.326. The fraction of sp³-hybridized carbons (Fsp3) is 0. The maximum absolute atomic E-state index is 10.4. The molecule has 0 saturated heterocycles. The average molecular weight is 148 g/mol. The van der Waals surface area contributed by atoms with E-state index in [-0.39, 0.29) is 5.91 Å². The van der Waals surface area contributed by atoms with Crippen LogP contribution in [0, 0.1) is 0 Å². The molecule has 8 heavy (non-hydrogen) atoms. The van der Waals surface area contributed by atoms with Crippen molar-refractivity contribution in [1.82, 2.24) is 9.44 Å². The summed E-state index contributed by atoms with van der Waals surface area (Å²) in [6.07, 6.45) is 2.95. The van der Waals surface area contributed by atoms with Gasteiger partial charge >= 0.3 is 0 Å². The van der Waals surface area contributed by atoms with Gasteiger partial charge < -0.3 is 4.72 Å². The van der Waals surface area contributed by atoms with Crippen LogP contribution in [0.2, 0.25) is 0 Å². The summed E-state index contributed by atoms with van der Waals surface area (Å²) in [4.78, 5) is 10.4. The molecule has 2 N–H and O–H groups in total. The van der Waals surface area contributed by atoms with Crippen LogP contribution >= 0.6 is 0 Å². The second kappa shape index (κ2) is 2.23. The third-order valence-corrected chi connectivity index (χ3v) is 1.88. The molecule has 0 aromatic heterocycles. The van der Waals surface area contributed by atoms with E-state index in [9.17, 15) is 4.79 Å².